The van der Waals surface area contributed by atoms with Gasteiger partial charge in [0.05, 0.1) is 0 Å². The van der Waals surface area contributed by atoms with Crippen LogP contribution in [0.4, 0.5) is 0 Å². The summed E-state index contributed by atoms with van der Waals surface area (Å²) in [6.45, 7) is 6.99. The molecule has 1 rings (SSSR count). The Hall–Kier alpha value is -0.0800. The standard InChI is InChI=1S/C15H31NO/c1-15(2)9-8-14(12-16-3)13(11-15)7-5-6-10-17-4/h13-14,16H,5-12H2,1-4H3. The van der Waals surface area contributed by atoms with E-state index in [1.165, 1.54) is 45.1 Å². The molecule has 0 amide bonds. The number of rotatable bonds is 7. The van der Waals surface area contributed by atoms with Crippen molar-refractivity contribution in [3.63, 3.8) is 0 Å². The van der Waals surface area contributed by atoms with Gasteiger partial charge in [-0.2, -0.15) is 0 Å². The van der Waals surface area contributed by atoms with Crippen LogP contribution in [0.2, 0.25) is 0 Å². The van der Waals surface area contributed by atoms with E-state index in [0.29, 0.717) is 5.41 Å². The Morgan fingerprint density at radius 1 is 1.24 bits per heavy atom. The molecule has 102 valence electrons. The molecular formula is C15H31NO. The summed E-state index contributed by atoms with van der Waals surface area (Å²) in [5.74, 6) is 1.82. The second kappa shape index (κ2) is 7.38. The van der Waals surface area contributed by atoms with E-state index in [4.69, 9.17) is 4.74 Å². The number of ether oxygens (including phenoxy) is 1. The van der Waals surface area contributed by atoms with Crippen LogP contribution in [0.15, 0.2) is 0 Å². The molecule has 1 aliphatic carbocycles. The minimum absolute atomic E-state index is 0.566. The van der Waals surface area contributed by atoms with Gasteiger partial charge < -0.3 is 10.1 Å². The van der Waals surface area contributed by atoms with E-state index >= 15 is 0 Å². The van der Waals surface area contributed by atoms with Gasteiger partial charge in [0.1, 0.15) is 0 Å². The van der Waals surface area contributed by atoms with Gasteiger partial charge in [0.25, 0.3) is 0 Å². The molecule has 1 aliphatic rings. The first-order chi connectivity index (χ1) is 8.09. The molecule has 1 fully saturated rings. The lowest BCUT2D eigenvalue weighted by atomic mass is 9.66. The summed E-state index contributed by atoms with van der Waals surface area (Å²) >= 11 is 0. The summed E-state index contributed by atoms with van der Waals surface area (Å²) in [5.41, 5.74) is 0.566. The Labute approximate surface area is 108 Å². The van der Waals surface area contributed by atoms with Crippen molar-refractivity contribution in [2.75, 3.05) is 27.3 Å². The molecule has 1 N–H and O–H groups in total. The zero-order chi connectivity index (χ0) is 12.7. The molecule has 2 unspecified atom stereocenters. The Kier molecular flexibility index (Phi) is 6.50. The van der Waals surface area contributed by atoms with E-state index < -0.39 is 0 Å². The van der Waals surface area contributed by atoms with E-state index in [9.17, 15) is 0 Å². The molecule has 0 aromatic heterocycles. The van der Waals surface area contributed by atoms with Crippen molar-refractivity contribution in [1.82, 2.24) is 5.32 Å². The van der Waals surface area contributed by atoms with Gasteiger partial charge in [-0.25, -0.2) is 0 Å². The maximum absolute atomic E-state index is 5.13. The van der Waals surface area contributed by atoms with Crippen LogP contribution in [0.5, 0.6) is 0 Å². The van der Waals surface area contributed by atoms with Gasteiger partial charge in [-0.15, -0.1) is 0 Å². The molecule has 2 nitrogen and oxygen atoms in total. The molecule has 0 heterocycles. The molecule has 2 atom stereocenters. The monoisotopic (exact) mass is 241 g/mol. The Morgan fingerprint density at radius 3 is 2.65 bits per heavy atom. The van der Waals surface area contributed by atoms with Gasteiger partial charge in [-0.1, -0.05) is 26.7 Å². The lowest BCUT2D eigenvalue weighted by Crippen LogP contribution is -2.35. The first-order valence-electron chi connectivity index (χ1n) is 7.22. The van der Waals surface area contributed by atoms with E-state index in [1.807, 2.05) is 0 Å². The number of hydrogen-bond acceptors (Lipinski definition) is 2. The summed E-state index contributed by atoms with van der Waals surface area (Å²) in [7, 11) is 3.88. The summed E-state index contributed by atoms with van der Waals surface area (Å²) in [6.07, 6.45) is 8.15. The van der Waals surface area contributed by atoms with E-state index in [-0.39, 0.29) is 0 Å². The summed E-state index contributed by atoms with van der Waals surface area (Å²) in [5, 5.41) is 3.37. The highest BCUT2D eigenvalue weighted by Gasteiger charge is 2.33. The van der Waals surface area contributed by atoms with Crippen LogP contribution in [0, 0.1) is 17.3 Å². The molecule has 0 radical (unpaired) electrons. The van der Waals surface area contributed by atoms with Crippen molar-refractivity contribution in [3.8, 4) is 0 Å². The predicted octanol–water partition coefficient (Wildman–Crippen LogP) is 3.47. The highest BCUT2D eigenvalue weighted by Crippen LogP contribution is 2.43. The maximum Gasteiger partial charge on any atom is 0.0462 e. The predicted molar refractivity (Wildman–Crippen MR) is 74.3 cm³/mol. The zero-order valence-corrected chi connectivity index (χ0v) is 12.2. The molecule has 1 saturated carbocycles. The second-order valence-corrected chi connectivity index (χ2v) is 6.47. The van der Waals surface area contributed by atoms with Crippen molar-refractivity contribution < 1.29 is 4.74 Å². The lowest BCUT2D eigenvalue weighted by molar-refractivity contribution is 0.106. The smallest absolute Gasteiger partial charge is 0.0462 e. The van der Waals surface area contributed by atoms with Crippen LogP contribution < -0.4 is 5.32 Å². The zero-order valence-electron chi connectivity index (χ0n) is 12.2. The first-order valence-corrected chi connectivity index (χ1v) is 7.22. The minimum Gasteiger partial charge on any atom is -0.385 e. The SMILES string of the molecule is CNCC1CCC(C)(C)CC1CCCCOC. The normalized spacial score (nSPS) is 28.2. The highest BCUT2D eigenvalue weighted by molar-refractivity contribution is 4.85. The largest absolute Gasteiger partial charge is 0.385 e. The number of hydrogen-bond donors (Lipinski definition) is 1. The second-order valence-electron chi connectivity index (χ2n) is 6.47. The molecule has 17 heavy (non-hydrogen) atoms. The lowest BCUT2D eigenvalue weighted by Gasteiger charge is -2.41. The van der Waals surface area contributed by atoms with Gasteiger partial charge in [0, 0.05) is 13.7 Å². The summed E-state index contributed by atoms with van der Waals surface area (Å²) in [4.78, 5) is 0. The van der Waals surface area contributed by atoms with Gasteiger partial charge in [0.2, 0.25) is 0 Å². The Bertz CT molecular complexity index is 203. The van der Waals surface area contributed by atoms with Crippen molar-refractivity contribution >= 4 is 0 Å². The highest BCUT2D eigenvalue weighted by atomic mass is 16.5. The third-order valence-electron chi connectivity index (χ3n) is 4.31. The molecule has 0 aromatic rings. The number of methoxy groups -OCH3 is 1. The van der Waals surface area contributed by atoms with Crippen LogP contribution in [-0.2, 0) is 4.74 Å². The van der Waals surface area contributed by atoms with Gasteiger partial charge in [0.15, 0.2) is 0 Å². The van der Waals surface area contributed by atoms with Crippen LogP contribution in [0.3, 0.4) is 0 Å². The number of nitrogens with one attached hydrogen (secondary N) is 1. The summed E-state index contributed by atoms with van der Waals surface area (Å²) < 4.78 is 5.13. The third kappa shape index (κ3) is 5.39. The van der Waals surface area contributed by atoms with E-state index in [0.717, 1.165) is 18.4 Å². The molecule has 0 bridgehead atoms. The fourth-order valence-electron chi connectivity index (χ4n) is 3.31. The van der Waals surface area contributed by atoms with Crippen LogP contribution in [-0.4, -0.2) is 27.3 Å². The van der Waals surface area contributed by atoms with Crippen molar-refractivity contribution in [3.05, 3.63) is 0 Å². The van der Waals surface area contributed by atoms with Gasteiger partial charge >= 0.3 is 0 Å². The fourth-order valence-corrected chi connectivity index (χ4v) is 3.31. The average molecular weight is 241 g/mol. The minimum atomic E-state index is 0.566. The fraction of sp³-hybridized carbons (Fsp3) is 1.00. The molecule has 0 aliphatic heterocycles. The van der Waals surface area contributed by atoms with Crippen LogP contribution in [0.25, 0.3) is 0 Å². The topological polar surface area (TPSA) is 21.3 Å². The van der Waals surface area contributed by atoms with E-state index in [1.54, 1.807) is 7.11 Å². The van der Waals surface area contributed by atoms with Crippen LogP contribution >= 0.6 is 0 Å². The van der Waals surface area contributed by atoms with E-state index in [2.05, 4.69) is 26.2 Å². The quantitative estimate of drug-likeness (QED) is 0.689. The molecule has 0 saturated heterocycles. The average Bonchev–Trinajstić information content (AvgIpc) is 2.27. The molecular weight excluding hydrogens is 210 g/mol. The third-order valence-corrected chi connectivity index (χ3v) is 4.31. The Balaban J connectivity index is 2.37. The van der Waals surface area contributed by atoms with Crippen molar-refractivity contribution in [2.24, 2.45) is 17.3 Å². The molecule has 0 spiro atoms. The van der Waals surface area contributed by atoms with Gasteiger partial charge in [-0.05, 0) is 56.5 Å². The maximum atomic E-state index is 5.13. The Morgan fingerprint density at radius 2 is 2.00 bits per heavy atom. The molecule has 0 aromatic carbocycles. The van der Waals surface area contributed by atoms with Crippen molar-refractivity contribution in [2.45, 2.75) is 52.4 Å². The molecule has 2 heteroatoms. The van der Waals surface area contributed by atoms with Crippen molar-refractivity contribution in [1.29, 1.82) is 0 Å². The van der Waals surface area contributed by atoms with Crippen LogP contribution in [0.1, 0.15) is 52.4 Å². The van der Waals surface area contributed by atoms with Gasteiger partial charge in [-0.3, -0.25) is 0 Å². The first kappa shape index (κ1) is 15.0. The number of unbranched alkanes of at least 4 members (excludes halogenated alkanes) is 1. The summed E-state index contributed by atoms with van der Waals surface area (Å²) in [6, 6.07) is 0.